The van der Waals surface area contributed by atoms with Crippen LogP contribution in [0, 0.1) is 0 Å². The van der Waals surface area contributed by atoms with Gasteiger partial charge >= 0.3 is 5.97 Å². The van der Waals surface area contributed by atoms with Gasteiger partial charge in [-0.15, -0.1) is 5.10 Å². The van der Waals surface area contributed by atoms with E-state index in [1.54, 1.807) is 7.05 Å². The summed E-state index contributed by atoms with van der Waals surface area (Å²) in [7, 11) is 1.66. The van der Waals surface area contributed by atoms with E-state index >= 15 is 0 Å². The van der Waals surface area contributed by atoms with Crippen molar-refractivity contribution in [3.8, 4) is 11.4 Å². The Morgan fingerprint density at radius 2 is 2.00 bits per heavy atom. The number of nitrogens with zero attached hydrogens (tertiary/aromatic N) is 3. The molecule has 1 aromatic heterocycles. The number of carboxylic acid groups (broad SMARTS) is 1. The summed E-state index contributed by atoms with van der Waals surface area (Å²) in [6.07, 6.45) is 0. The van der Waals surface area contributed by atoms with Crippen molar-refractivity contribution in [3.63, 3.8) is 0 Å². The van der Waals surface area contributed by atoms with Gasteiger partial charge in [-0.2, -0.15) is 0 Å². The Hall–Kier alpha value is -1.69. The molecule has 0 aliphatic carbocycles. The van der Waals surface area contributed by atoms with E-state index in [-0.39, 0.29) is 5.82 Å². The highest BCUT2D eigenvalue weighted by Crippen LogP contribution is 2.19. The number of aryl methyl sites for hydroxylation is 1. The lowest BCUT2D eigenvalue weighted by Crippen LogP contribution is -2.00. The molecule has 0 aliphatic heterocycles. The number of hydrogen-bond acceptors (Lipinski definition) is 3. The van der Waals surface area contributed by atoms with E-state index in [1.165, 1.54) is 4.68 Å². The second-order valence-electron chi connectivity index (χ2n) is 3.19. The van der Waals surface area contributed by atoms with Gasteiger partial charge in [-0.05, 0) is 12.1 Å². The molecule has 0 bridgehead atoms. The van der Waals surface area contributed by atoms with Gasteiger partial charge in [-0.1, -0.05) is 28.1 Å². The number of halogens is 1. The fourth-order valence-corrected chi connectivity index (χ4v) is 1.59. The molecule has 0 saturated carbocycles. The van der Waals surface area contributed by atoms with Crippen LogP contribution >= 0.6 is 15.9 Å². The van der Waals surface area contributed by atoms with E-state index in [0.29, 0.717) is 5.82 Å². The predicted molar refractivity (Wildman–Crippen MR) is 61.1 cm³/mol. The van der Waals surface area contributed by atoms with Gasteiger partial charge in [0, 0.05) is 17.1 Å². The molecular weight excluding hydrogens is 274 g/mol. The van der Waals surface area contributed by atoms with Crippen molar-refractivity contribution in [2.75, 3.05) is 0 Å². The molecule has 0 atom stereocenters. The van der Waals surface area contributed by atoms with E-state index in [4.69, 9.17) is 5.11 Å². The number of carboxylic acids is 1. The molecule has 2 rings (SSSR count). The van der Waals surface area contributed by atoms with Crippen LogP contribution in [0.25, 0.3) is 11.4 Å². The standard InChI is InChI=1S/C10H8BrN3O2/c1-14-9(12-8(13-14)10(15)16)6-2-4-7(11)5-3-6/h2-5H,1H3,(H,15,16). The van der Waals surface area contributed by atoms with E-state index in [9.17, 15) is 4.79 Å². The van der Waals surface area contributed by atoms with Crippen molar-refractivity contribution >= 4 is 21.9 Å². The van der Waals surface area contributed by atoms with Crippen molar-refractivity contribution in [3.05, 3.63) is 34.6 Å². The largest absolute Gasteiger partial charge is 0.475 e. The Balaban J connectivity index is 2.47. The van der Waals surface area contributed by atoms with Gasteiger partial charge in [0.2, 0.25) is 0 Å². The first-order chi connectivity index (χ1) is 7.58. The first kappa shape index (κ1) is 10.8. The SMILES string of the molecule is Cn1nc(C(=O)O)nc1-c1ccc(Br)cc1. The highest BCUT2D eigenvalue weighted by molar-refractivity contribution is 9.10. The summed E-state index contributed by atoms with van der Waals surface area (Å²) in [5.41, 5.74) is 0.825. The molecule has 0 spiro atoms. The molecule has 5 nitrogen and oxygen atoms in total. The van der Waals surface area contributed by atoms with Crippen molar-refractivity contribution in [1.82, 2.24) is 14.8 Å². The minimum Gasteiger partial charge on any atom is -0.475 e. The summed E-state index contributed by atoms with van der Waals surface area (Å²) < 4.78 is 2.41. The van der Waals surface area contributed by atoms with Gasteiger partial charge in [0.1, 0.15) is 0 Å². The Morgan fingerprint density at radius 3 is 2.50 bits per heavy atom. The minimum atomic E-state index is -1.13. The molecule has 0 amide bonds. The molecule has 6 heteroatoms. The average Bonchev–Trinajstić information content (AvgIpc) is 2.62. The van der Waals surface area contributed by atoms with Crippen LogP contribution < -0.4 is 0 Å². The third-order valence-electron chi connectivity index (χ3n) is 2.06. The maximum atomic E-state index is 10.7. The van der Waals surface area contributed by atoms with Gasteiger partial charge < -0.3 is 5.11 Å². The van der Waals surface area contributed by atoms with Crippen LogP contribution in [0.15, 0.2) is 28.7 Å². The fourth-order valence-electron chi connectivity index (χ4n) is 1.33. The number of hydrogen-bond donors (Lipinski definition) is 1. The van der Waals surface area contributed by atoms with Gasteiger partial charge in [0.25, 0.3) is 5.82 Å². The van der Waals surface area contributed by atoms with Crippen LogP contribution in [0.4, 0.5) is 0 Å². The molecule has 0 saturated heterocycles. The van der Waals surface area contributed by atoms with Crippen LogP contribution in [0.1, 0.15) is 10.6 Å². The zero-order valence-electron chi connectivity index (χ0n) is 8.38. The second-order valence-corrected chi connectivity index (χ2v) is 4.11. The smallest absolute Gasteiger partial charge is 0.375 e. The fraction of sp³-hybridized carbons (Fsp3) is 0.100. The maximum Gasteiger partial charge on any atom is 0.375 e. The molecule has 1 N–H and O–H groups in total. The third kappa shape index (κ3) is 1.96. The molecule has 16 heavy (non-hydrogen) atoms. The highest BCUT2D eigenvalue weighted by Gasteiger charge is 2.14. The van der Waals surface area contributed by atoms with Crippen LogP contribution in [-0.2, 0) is 7.05 Å². The lowest BCUT2D eigenvalue weighted by molar-refractivity contribution is 0.0683. The zero-order chi connectivity index (χ0) is 11.7. The first-order valence-electron chi connectivity index (χ1n) is 4.48. The van der Waals surface area contributed by atoms with Gasteiger partial charge in [0.05, 0.1) is 0 Å². The molecular formula is C10H8BrN3O2. The molecule has 1 heterocycles. The monoisotopic (exact) mass is 281 g/mol. The van der Waals surface area contributed by atoms with E-state index in [0.717, 1.165) is 10.0 Å². The number of aromatic nitrogens is 3. The number of carbonyl (C=O) groups is 1. The molecule has 82 valence electrons. The highest BCUT2D eigenvalue weighted by atomic mass is 79.9. The van der Waals surface area contributed by atoms with Crippen molar-refractivity contribution < 1.29 is 9.90 Å². The minimum absolute atomic E-state index is 0.194. The summed E-state index contributed by atoms with van der Waals surface area (Å²) in [6.45, 7) is 0. The number of benzene rings is 1. The lowest BCUT2D eigenvalue weighted by atomic mass is 10.2. The number of aromatic carboxylic acids is 1. The van der Waals surface area contributed by atoms with Gasteiger partial charge in [0.15, 0.2) is 5.82 Å². The molecule has 2 aromatic rings. The van der Waals surface area contributed by atoms with E-state index in [1.807, 2.05) is 24.3 Å². The Kier molecular flexibility index (Phi) is 2.74. The van der Waals surface area contributed by atoms with Gasteiger partial charge in [-0.3, -0.25) is 0 Å². The summed E-state index contributed by atoms with van der Waals surface area (Å²) >= 11 is 3.33. The molecule has 1 aromatic carbocycles. The first-order valence-corrected chi connectivity index (χ1v) is 5.27. The summed E-state index contributed by atoms with van der Waals surface area (Å²) in [4.78, 5) is 14.7. The maximum absolute atomic E-state index is 10.7. The van der Waals surface area contributed by atoms with Crippen LogP contribution in [0.3, 0.4) is 0 Å². The van der Waals surface area contributed by atoms with Crippen molar-refractivity contribution in [1.29, 1.82) is 0 Å². The van der Waals surface area contributed by atoms with Gasteiger partial charge in [-0.25, -0.2) is 14.5 Å². The van der Waals surface area contributed by atoms with Crippen LogP contribution in [0.5, 0.6) is 0 Å². The number of rotatable bonds is 2. The molecule has 0 radical (unpaired) electrons. The topological polar surface area (TPSA) is 68.0 Å². The van der Waals surface area contributed by atoms with E-state index < -0.39 is 5.97 Å². The zero-order valence-corrected chi connectivity index (χ0v) is 9.97. The van der Waals surface area contributed by atoms with Crippen LogP contribution in [0.2, 0.25) is 0 Å². The third-order valence-corrected chi connectivity index (χ3v) is 2.59. The van der Waals surface area contributed by atoms with Crippen molar-refractivity contribution in [2.24, 2.45) is 7.05 Å². The summed E-state index contributed by atoms with van der Waals surface area (Å²) in [5.74, 6) is -0.788. The Labute approximate surface area is 99.9 Å². The average molecular weight is 282 g/mol. The van der Waals surface area contributed by atoms with E-state index in [2.05, 4.69) is 26.0 Å². The second kappa shape index (κ2) is 4.05. The summed E-state index contributed by atoms with van der Waals surface area (Å²) in [6, 6.07) is 7.42. The van der Waals surface area contributed by atoms with Crippen molar-refractivity contribution in [2.45, 2.75) is 0 Å². The quantitative estimate of drug-likeness (QED) is 0.914. The molecule has 0 fully saturated rings. The summed E-state index contributed by atoms with van der Waals surface area (Å²) in [5, 5.41) is 12.6. The van der Waals surface area contributed by atoms with Crippen LogP contribution in [-0.4, -0.2) is 25.8 Å². The predicted octanol–water partition coefficient (Wildman–Crippen LogP) is 1.94. The normalized spacial score (nSPS) is 10.4. The Morgan fingerprint density at radius 1 is 1.38 bits per heavy atom. The molecule has 0 unspecified atom stereocenters. The Bertz CT molecular complexity index is 533. The lowest BCUT2D eigenvalue weighted by Gasteiger charge is -1.99. The molecule has 0 aliphatic rings.